The molecule has 2 rings (SSSR count). The standard InChI is InChI=1S/C16H23F3N2O4/c1-9(2)13(22)21-6-4-3-5-12(21)14(23)20-7-10(15(24)25)11(8-20)16(17,18)19/h9-12H,3-8H2,1-2H3,(H,24,25)/t10-,11-,12?/m1/s1. The molecule has 6 nitrogen and oxygen atoms in total. The van der Waals surface area contributed by atoms with Crippen LogP contribution in [0.5, 0.6) is 0 Å². The van der Waals surface area contributed by atoms with Crippen LogP contribution in [0, 0.1) is 17.8 Å². The lowest BCUT2D eigenvalue weighted by atomic mass is 9.96. The van der Waals surface area contributed by atoms with E-state index >= 15 is 0 Å². The lowest BCUT2D eigenvalue weighted by Crippen LogP contribution is -2.53. The molecule has 142 valence electrons. The SMILES string of the molecule is CC(C)C(=O)N1CCCCC1C(=O)N1C[C@@H](C(F)(F)F)[C@H](C(=O)O)C1. The average Bonchev–Trinajstić information content (AvgIpc) is 2.99. The van der Waals surface area contributed by atoms with Gasteiger partial charge in [0.1, 0.15) is 6.04 Å². The first-order valence-electron chi connectivity index (χ1n) is 8.42. The normalized spacial score (nSPS) is 27.7. The minimum Gasteiger partial charge on any atom is -0.481 e. The Bertz CT molecular complexity index is 550. The van der Waals surface area contributed by atoms with Crippen molar-refractivity contribution in [1.82, 2.24) is 9.80 Å². The fourth-order valence-electron chi connectivity index (χ4n) is 3.56. The minimum atomic E-state index is -4.68. The van der Waals surface area contributed by atoms with Crippen molar-refractivity contribution in [3.63, 3.8) is 0 Å². The maximum Gasteiger partial charge on any atom is 0.394 e. The summed E-state index contributed by atoms with van der Waals surface area (Å²) in [5.41, 5.74) is 0. The van der Waals surface area contributed by atoms with Crippen molar-refractivity contribution < 1.29 is 32.7 Å². The monoisotopic (exact) mass is 364 g/mol. The predicted molar refractivity (Wildman–Crippen MR) is 81.4 cm³/mol. The van der Waals surface area contributed by atoms with Crippen molar-refractivity contribution in [2.24, 2.45) is 17.8 Å². The number of halogens is 3. The first-order chi connectivity index (χ1) is 11.5. The highest BCUT2D eigenvalue weighted by Gasteiger charge is 2.54. The molecule has 2 heterocycles. The number of rotatable bonds is 3. The molecule has 2 fully saturated rings. The quantitative estimate of drug-likeness (QED) is 0.828. The van der Waals surface area contributed by atoms with Gasteiger partial charge in [0, 0.05) is 25.6 Å². The molecule has 0 aromatic heterocycles. The molecule has 25 heavy (non-hydrogen) atoms. The van der Waals surface area contributed by atoms with E-state index in [1.807, 2.05) is 0 Å². The molecule has 9 heteroatoms. The van der Waals surface area contributed by atoms with E-state index in [2.05, 4.69) is 0 Å². The molecule has 2 aliphatic heterocycles. The number of amides is 2. The molecule has 2 saturated heterocycles. The molecule has 0 spiro atoms. The number of hydrogen-bond donors (Lipinski definition) is 1. The van der Waals surface area contributed by atoms with Crippen molar-refractivity contribution in [2.45, 2.75) is 45.3 Å². The molecule has 2 aliphatic rings. The molecule has 0 aliphatic carbocycles. The number of carbonyl (C=O) groups excluding carboxylic acids is 2. The highest BCUT2D eigenvalue weighted by Crippen LogP contribution is 2.38. The Kier molecular flexibility index (Phi) is 5.63. The van der Waals surface area contributed by atoms with Gasteiger partial charge in [0.25, 0.3) is 0 Å². The van der Waals surface area contributed by atoms with Crippen LogP contribution in [0.25, 0.3) is 0 Å². The van der Waals surface area contributed by atoms with Crippen molar-refractivity contribution >= 4 is 17.8 Å². The number of carbonyl (C=O) groups is 3. The van der Waals surface area contributed by atoms with Crippen LogP contribution in [0.2, 0.25) is 0 Å². The number of hydrogen-bond acceptors (Lipinski definition) is 3. The Morgan fingerprint density at radius 2 is 1.76 bits per heavy atom. The Balaban J connectivity index is 2.18. The van der Waals surface area contributed by atoms with E-state index in [1.54, 1.807) is 13.8 Å². The fourth-order valence-corrected chi connectivity index (χ4v) is 3.56. The van der Waals surface area contributed by atoms with E-state index in [0.29, 0.717) is 19.4 Å². The van der Waals surface area contributed by atoms with Gasteiger partial charge in [-0.15, -0.1) is 0 Å². The predicted octanol–water partition coefficient (Wildman–Crippen LogP) is 1.75. The second-order valence-electron chi connectivity index (χ2n) is 7.03. The van der Waals surface area contributed by atoms with Gasteiger partial charge in [0.05, 0.1) is 11.8 Å². The molecule has 0 saturated carbocycles. The van der Waals surface area contributed by atoms with Crippen LogP contribution in [0.15, 0.2) is 0 Å². The van der Waals surface area contributed by atoms with Crippen molar-refractivity contribution in [2.75, 3.05) is 19.6 Å². The van der Waals surface area contributed by atoms with Gasteiger partial charge in [0.15, 0.2) is 0 Å². The number of carboxylic acids is 1. The molecular formula is C16H23F3N2O4. The molecule has 1 N–H and O–H groups in total. The third kappa shape index (κ3) is 4.07. The van der Waals surface area contributed by atoms with E-state index in [1.165, 1.54) is 4.90 Å². The lowest BCUT2D eigenvalue weighted by molar-refractivity contribution is -0.188. The Labute approximate surface area is 143 Å². The van der Waals surface area contributed by atoms with E-state index in [4.69, 9.17) is 5.11 Å². The van der Waals surface area contributed by atoms with Crippen LogP contribution in [-0.4, -0.2) is 64.5 Å². The molecule has 0 bridgehead atoms. The number of nitrogens with zero attached hydrogens (tertiary/aromatic N) is 2. The zero-order chi connectivity index (χ0) is 18.9. The van der Waals surface area contributed by atoms with E-state index in [9.17, 15) is 27.6 Å². The van der Waals surface area contributed by atoms with Gasteiger partial charge in [-0.1, -0.05) is 13.8 Å². The molecule has 0 aromatic carbocycles. The first-order valence-corrected chi connectivity index (χ1v) is 8.42. The second-order valence-corrected chi connectivity index (χ2v) is 7.03. The maximum atomic E-state index is 13.1. The summed E-state index contributed by atoms with van der Waals surface area (Å²) < 4.78 is 39.3. The van der Waals surface area contributed by atoms with Crippen LogP contribution in [0.3, 0.4) is 0 Å². The average molecular weight is 364 g/mol. The van der Waals surface area contributed by atoms with Crippen LogP contribution >= 0.6 is 0 Å². The smallest absolute Gasteiger partial charge is 0.394 e. The Hall–Kier alpha value is -1.80. The van der Waals surface area contributed by atoms with Crippen molar-refractivity contribution in [3.8, 4) is 0 Å². The van der Waals surface area contributed by atoms with Gasteiger partial charge >= 0.3 is 12.1 Å². The topological polar surface area (TPSA) is 77.9 Å². The van der Waals surface area contributed by atoms with E-state index in [-0.39, 0.29) is 11.8 Å². The Morgan fingerprint density at radius 3 is 2.24 bits per heavy atom. The fraction of sp³-hybridized carbons (Fsp3) is 0.812. The molecule has 2 amide bonds. The van der Waals surface area contributed by atoms with Crippen molar-refractivity contribution in [1.29, 1.82) is 0 Å². The summed E-state index contributed by atoms with van der Waals surface area (Å²) in [4.78, 5) is 38.6. The van der Waals surface area contributed by atoms with E-state index < -0.39 is 49.0 Å². The third-order valence-electron chi connectivity index (χ3n) is 4.93. The summed E-state index contributed by atoms with van der Waals surface area (Å²) in [5.74, 6) is -6.40. The second kappa shape index (κ2) is 7.21. The van der Waals surface area contributed by atoms with Gasteiger partial charge in [-0.3, -0.25) is 14.4 Å². The summed E-state index contributed by atoms with van der Waals surface area (Å²) in [6, 6.07) is -0.801. The maximum absolute atomic E-state index is 13.1. The van der Waals surface area contributed by atoms with Gasteiger partial charge in [-0.25, -0.2) is 0 Å². The summed E-state index contributed by atoms with van der Waals surface area (Å²) in [6.45, 7) is 2.66. The van der Waals surface area contributed by atoms with Gasteiger partial charge < -0.3 is 14.9 Å². The number of likely N-dealkylation sites (tertiary alicyclic amines) is 2. The highest BCUT2D eigenvalue weighted by molar-refractivity contribution is 5.89. The zero-order valence-electron chi connectivity index (χ0n) is 14.3. The number of alkyl halides is 3. The van der Waals surface area contributed by atoms with Crippen LogP contribution < -0.4 is 0 Å². The number of aliphatic carboxylic acids is 1. The molecule has 1 unspecified atom stereocenters. The lowest BCUT2D eigenvalue weighted by Gasteiger charge is -2.37. The minimum absolute atomic E-state index is 0.209. The van der Waals surface area contributed by atoms with Gasteiger partial charge in [-0.2, -0.15) is 13.2 Å². The van der Waals surface area contributed by atoms with Gasteiger partial charge in [-0.05, 0) is 19.3 Å². The molecular weight excluding hydrogens is 341 g/mol. The Morgan fingerprint density at radius 1 is 1.12 bits per heavy atom. The van der Waals surface area contributed by atoms with E-state index in [0.717, 1.165) is 11.3 Å². The summed E-state index contributed by atoms with van der Waals surface area (Å²) >= 11 is 0. The van der Waals surface area contributed by atoms with Crippen LogP contribution in [0.4, 0.5) is 13.2 Å². The summed E-state index contributed by atoms with van der Waals surface area (Å²) in [5, 5.41) is 9.07. The summed E-state index contributed by atoms with van der Waals surface area (Å²) in [7, 11) is 0. The van der Waals surface area contributed by atoms with Crippen molar-refractivity contribution in [3.05, 3.63) is 0 Å². The highest BCUT2D eigenvalue weighted by atomic mass is 19.4. The zero-order valence-corrected chi connectivity index (χ0v) is 14.3. The molecule has 0 aromatic rings. The summed E-state index contributed by atoms with van der Waals surface area (Å²) in [6.07, 6.45) is -2.84. The largest absolute Gasteiger partial charge is 0.481 e. The molecule has 3 atom stereocenters. The number of piperidine rings is 1. The third-order valence-corrected chi connectivity index (χ3v) is 4.93. The van der Waals surface area contributed by atoms with Gasteiger partial charge in [0.2, 0.25) is 11.8 Å². The van der Waals surface area contributed by atoms with Crippen LogP contribution in [-0.2, 0) is 14.4 Å². The first kappa shape index (κ1) is 19.5. The van der Waals surface area contributed by atoms with Crippen LogP contribution in [0.1, 0.15) is 33.1 Å². The number of carboxylic acid groups (broad SMARTS) is 1. The molecule has 0 radical (unpaired) electrons.